The van der Waals surface area contributed by atoms with Crippen LogP contribution in [0.25, 0.3) is 0 Å². The van der Waals surface area contributed by atoms with Crippen LogP contribution in [0.2, 0.25) is 0 Å². The van der Waals surface area contributed by atoms with Crippen LogP contribution in [0, 0.1) is 0 Å². The monoisotopic (exact) mass is 231 g/mol. The lowest BCUT2D eigenvalue weighted by atomic mass is 10.8. The molecule has 0 amide bonds. The minimum Gasteiger partial charge on any atom is -0.481 e. The van der Waals surface area contributed by atoms with Crippen molar-refractivity contribution >= 4 is 28.6 Å². The molecule has 0 atom stereocenters. The molecule has 0 bridgehead atoms. The minimum absolute atomic E-state index is 0.192. The van der Waals surface area contributed by atoms with Gasteiger partial charge in [-0.05, 0) is 6.54 Å². The minimum atomic E-state index is -0.759. The fraction of sp³-hybridized carbons (Fsp3) is 0.750. The molecule has 0 rings (SSSR count). The fourth-order valence-electron chi connectivity index (χ4n) is 0. The molecule has 0 aliphatic rings. The number of carboxylic acid groups (broad SMARTS) is 1. The van der Waals surface area contributed by atoms with E-state index in [9.17, 15) is 4.79 Å². The van der Waals surface area contributed by atoms with Crippen molar-refractivity contribution in [1.82, 2.24) is 0 Å². The van der Waals surface area contributed by atoms with Crippen LogP contribution in [0.1, 0.15) is 6.92 Å². The van der Waals surface area contributed by atoms with E-state index >= 15 is 0 Å². The Bertz CT molecular complexity index is 58.0. The van der Waals surface area contributed by atoms with Gasteiger partial charge < -0.3 is 10.8 Å². The first-order valence-electron chi connectivity index (χ1n) is 2.16. The number of rotatable bonds is 1. The van der Waals surface area contributed by atoms with E-state index in [4.69, 9.17) is 10.8 Å². The van der Waals surface area contributed by atoms with Gasteiger partial charge in [0.05, 0.1) is 4.43 Å². The first-order chi connectivity index (χ1) is 3.68. The van der Waals surface area contributed by atoms with Crippen LogP contribution in [0.15, 0.2) is 0 Å². The highest BCUT2D eigenvalue weighted by Gasteiger charge is 1.82. The summed E-state index contributed by atoms with van der Waals surface area (Å²) in [5.41, 5.74) is 4.85. The lowest BCUT2D eigenvalue weighted by Gasteiger charge is -1.70. The summed E-state index contributed by atoms with van der Waals surface area (Å²) in [4.78, 5) is 9.36. The van der Waals surface area contributed by atoms with Gasteiger partial charge in [0.25, 0.3) is 0 Å². The normalized spacial score (nSPS) is 6.88. The van der Waals surface area contributed by atoms with Crippen LogP contribution in [0.3, 0.4) is 0 Å². The van der Waals surface area contributed by atoms with Gasteiger partial charge in [-0.2, -0.15) is 0 Å². The Labute approximate surface area is 62.4 Å². The van der Waals surface area contributed by atoms with Gasteiger partial charge in [0.2, 0.25) is 0 Å². The van der Waals surface area contributed by atoms with E-state index in [1.807, 2.05) is 6.92 Å². The molecule has 0 aromatic rings. The van der Waals surface area contributed by atoms with Gasteiger partial charge in [0.15, 0.2) is 0 Å². The molecule has 8 heavy (non-hydrogen) atoms. The number of hydrogen-bond donors (Lipinski definition) is 2. The summed E-state index contributed by atoms with van der Waals surface area (Å²) in [6, 6.07) is 0. The van der Waals surface area contributed by atoms with Gasteiger partial charge in [-0.15, -0.1) is 0 Å². The third-order valence-electron chi connectivity index (χ3n) is 0.114. The van der Waals surface area contributed by atoms with Crippen molar-refractivity contribution in [2.45, 2.75) is 6.92 Å². The first kappa shape index (κ1) is 11.0. The molecule has 0 aromatic heterocycles. The number of halogens is 1. The van der Waals surface area contributed by atoms with Crippen LogP contribution < -0.4 is 5.73 Å². The van der Waals surface area contributed by atoms with Gasteiger partial charge in [0, 0.05) is 0 Å². The Morgan fingerprint density at radius 1 is 1.88 bits per heavy atom. The second kappa shape index (κ2) is 10.2. The van der Waals surface area contributed by atoms with Crippen LogP contribution in [0.4, 0.5) is 0 Å². The Morgan fingerprint density at radius 3 is 2.00 bits per heavy atom. The van der Waals surface area contributed by atoms with Crippen LogP contribution >= 0.6 is 22.6 Å². The Kier molecular flexibility index (Phi) is 14.1. The molecule has 0 radical (unpaired) electrons. The quantitative estimate of drug-likeness (QED) is 0.509. The molecular formula is C4H10INO2. The predicted molar refractivity (Wildman–Crippen MR) is 41.3 cm³/mol. The molecule has 0 fully saturated rings. The number of hydrogen-bond acceptors (Lipinski definition) is 2. The third kappa shape index (κ3) is 35.2. The van der Waals surface area contributed by atoms with Gasteiger partial charge in [-0.3, -0.25) is 4.79 Å². The average Bonchev–Trinajstić information content (AvgIpc) is 1.69. The predicted octanol–water partition coefficient (Wildman–Crippen LogP) is 0.471. The molecule has 0 aromatic carbocycles. The smallest absolute Gasteiger partial charge is 0.313 e. The molecule has 4 heteroatoms. The molecule has 0 spiro atoms. The second-order valence-corrected chi connectivity index (χ2v) is 1.70. The topological polar surface area (TPSA) is 63.3 Å². The second-order valence-electron chi connectivity index (χ2n) is 0.936. The van der Waals surface area contributed by atoms with Crippen molar-refractivity contribution in [3.8, 4) is 0 Å². The van der Waals surface area contributed by atoms with Gasteiger partial charge in [0.1, 0.15) is 0 Å². The number of nitrogens with two attached hydrogens (primary N) is 1. The maximum absolute atomic E-state index is 9.36. The molecule has 0 heterocycles. The summed E-state index contributed by atoms with van der Waals surface area (Å²) in [5.74, 6) is -0.759. The number of carboxylic acids is 1. The van der Waals surface area contributed by atoms with Crippen LogP contribution in [0.5, 0.6) is 0 Å². The molecule has 3 N–H and O–H groups in total. The van der Waals surface area contributed by atoms with Gasteiger partial charge in [-0.1, -0.05) is 29.5 Å². The largest absolute Gasteiger partial charge is 0.481 e. The summed E-state index contributed by atoms with van der Waals surface area (Å²) >= 11 is 1.78. The zero-order valence-corrected chi connectivity index (χ0v) is 6.88. The van der Waals surface area contributed by atoms with E-state index in [1.54, 1.807) is 22.6 Å². The van der Waals surface area contributed by atoms with Crippen molar-refractivity contribution in [1.29, 1.82) is 0 Å². The summed E-state index contributed by atoms with van der Waals surface area (Å²) in [5, 5.41) is 7.71. The molecule has 3 nitrogen and oxygen atoms in total. The Hall–Kier alpha value is 0.160. The highest BCUT2D eigenvalue weighted by atomic mass is 127. The van der Waals surface area contributed by atoms with E-state index in [-0.39, 0.29) is 4.43 Å². The highest BCUT2D eigenvalue weighted by Crippen LogP contribution is 1.75. The SMILES string of the molecule is CCN.O=C(O)CI. The summed E-state index contributed by atoms with van der Waals surface area (Å²) in [6.07, 6.45) is 0. The van der Waals surface area contributed by atoms with Crippen molar-refractivity contribution in [3.05, 3.63) is 0 Å². The molecule has 0 saturated carbocycles. The summed E-state index contributed by atoms with van der Waals surface area (Å²) < 4.78 is 0.192. The van der Waals surface area contributed by atoms with Crippen LogP contribution in [-0.4, -0.2) is 22.0 Å². The van der Waals surface area contributed by atoms with Crippen molar-refractivity contribution in [3.63, 3.8) is 0 Å². The van der Waals surface area contributed by atoms with Gasteiger partial charge >= 0.3 is 5.97 Å². The average molecular weight is 231 g/mol. The first-order valence-corrected chi connectivity index (χ1v) is 3.69. The van der Waals surface area contributed by atoms with E-state index in [0.29, 0.717) is 0 Å². The maximum atomic E-state index is 9.36. The van der Waals surface area contributed by atoms with E-state index in [1.165, 1.54) is 0 Å². The molecule has 0 unspecified atom stereocenters. The van der Waals surface area contributed by atoms with E-state index in [2.05, 4.69) is 0 Å². The Balaban J connectivity index is 0. The Morgan fingerprint density at radius 2 is 2.00 bits per heavy atom. The zero-order chi connectivity index (χ0) is 6.99. The van der Waals surface area contributed by atoms with Crippen LogP contribution in [-0.2, 0) is 4.79 Å². The van der Waals surface area contributed by atoms with Gasteiger partial charge in [-0.25, -0.2) is 0 Å². The van der Waals surface area contributed by atoms with Crippen molar-refractivity contribution in [2.75, 3.05) is 11.0 Å². The lowest BCUT2D eigenvalue weighted by molar-refractivity contribution is -0.133. The van der Waals surface area contributed by atoms with E-state index in [0.717, 1.165) is 6.54 Å². The molecule has 50 valence electrons. The number of alkyl halides is 1. The standard InChI is InChI=1S/C2H3IO2.C2H7N/c3-1-2(4)5;1-2-3/h1H2,(H,4,5);2-3H2,1H3. The zero-order valence-electron chi connectivity index (χ0n) is 4.72. The maximum Gasteiger partial charge on any atom is 0.313 e. The molecule has 0 saturated heterocycles. The molecule has 0 aliphatic carbocycles. The fourth-order valence-corrected chi connectivity index (χ4v) is 0. The van der Waals surface area contributed by atoms with Crippen molar-refractivity contribution < 1.29 is 9.90 Å². The summed E-state index contributed by atoms with van der Waals surface area (Å²) in [7, 11) is 0. The third-order valence-corrected chi connectivity index (χ3v) is 0.767. The lowest BCUT2D eigenvalue weighted by Crippen LogP contribution is -1.91. The molecular weight excluding hydrogens is 221 g/mol. The summed E-state index contributed by atoms with van der Waals surface area (Å²) in [6.45, 7) is 2.65. The van der Waals surface area contributed by atoms with Crippen molar-refractivity contribution in [2.24, 2.45) is 5.73 Å². The molecule has 0 aliphatic heterocycles. The number of carbonyl (C=O) groups is 1. The highest BCUT2D eigenvalue weighted by molar-refractivity contribution is 14.1. The van der Waals surface area contributed by atoms with E-state index < -0.39 is 5.97 Å². The number of aliphatic carboxylic acids is 1.